The van der Waals surface area contributed by atoms with Crippen molar-refractivity contribution in [3.8, 4) is 5.75 Å². The van der Waals surface area contributed by atoms with E-state index in [2.05, 4.69) is 0 Å². The average Bonchev–Trinajstić information content (AvgIpc) is 2.63. The van der Waals surface area contributed by atoms with Crippen molar-refractivity contribution in [3.05, 3.63) is 52.1 Å². The van der Waals surface area contributed by atoms with Gasteiger partial charge in [-0.25, -0.2) is 0 Å². The van der Waals surface area contributed by atoms with E-state index in [1.807, 2.05) is 0 Å². The zero-order valence-electron chi connectivity index (χ0n) is 16.0. The second kappa shape index (κ2) is 8.80. The molecule has 0 saturated carbocycles. The van der Waals surface area contributed by atoms with E-state index in [-0.39, 0.29) is 29.7 Å². The van der Waals surface area contributed by atoms with Gasteiger partial charge in [0.05, 0.1) is 0 Å². The molecule has 5 nitrogen and oxygen atoms in total. The first-order chi connectivity index (χ1) is 12.7. The minimum Gasteiger partial charge on any atom is -0.508 e. The molecular weight excluding hydrogens is 344 g/mol. The highest BCUT2D eigenvalue weighted by molar-refractivity contribution is 6.25. The summed E-state index contributed by atoms with van der Waals surface area (Å²) in [5.74, 6) is -1.13. The molecule has 0 spiro atoms. The quantitative estimate of drug-likeness (QED) is 0.525. The molecule has 0 aromatic heterocycles. The zero-order chi connectivity index (χ0) is 20.1. The summed E-state index contributed by atoms with van der Waals surface area (Å²) in [7, 11) is 0. The lowest BCUT2D eigenvalue weighted by Crippen LogP contribution is -2.24. The Balaban J connectivity index is 2.32. The molecule has 27 heavy (non-hydrogen) atoms. The number of unbranched alkanes of at least 4 members (excludes halogenated alkanes) is 2. The van der Waals surface area contributed by atoms with Crippen molar-refractivity contribution >= 4 is 17.5 Å². The van der Waals surface area contributed by atoms with E-state index in [1.54, 1.807) is 45.0 Å². The molecule has 0 aliphatic heterocycles. The summed E-state index contributed by atoms with van der Waals surface area (Å²) >= 11 is 0. The van der Waals surface area contributed by atoms with E-state index in [4.69, 9.17) is 5.11 Å². The number of carbonyl (C=O) groups is 3. The molecule has 144 valence electrons. The van der Waals surface area contributed by atoms with Crippen molar-refractivity contribution in [3.63, 3.8) is 0 Å². The van der Waals surface area contributed by atoms with Gasteiger partial charge in [0.2, 0.25) is 0 Å². The summed E-state index contributed by atoms with van der Waals surface area (Å²) in [6.07, 6.45) is 2.84. The third-order valence-electron chi connectivity index (χ3n) is 5.26. The molecule has 0 saturated heterocycles. The molecule has 0 bridgehead atoms. The Labute approximate surface area is 159 Å². The SMILES string of the molecule is CC1=C(C)C(=O)C(C(CCCCCC(=O)O)c2ccc(O)cc2)=C(C)C1=O. The Morgan fingerprint density at radius 1 is 0.889 bits per heavy atom. The first-order valence-corrected chi connectivity index (χ1v) is 9.22. The van der Waals surface area contributed by atoms with Crippen molar-refractivity contribution < 1.29 is 24.6 Å². The van der Waals surface area contributed by atoms with Crippen molar-refractivity contribution in [1.29, 1.82) is 0 Å². The molecule has 0 heterocycles. The zero-order valence-corrected chi connectivity index (χ0v) is 16.0. The highest BCUT2D eigenvalue weighted by atomic mass is 16.4. The maximum Gasteiger partial charge on any atom is 0.303 e. The number of Topliss-reactive ketones (excluding diaryl/α,β-unsaturated/α-hetero) is 2. The molecule has 0 fully saturated rings. The van der Waals surface area contributed by atoms with Crippen molar-refractivity contribution in [2.24, 2.45) is 0 Å². The van der Waals surface area contributed by atoms with Gasteiger partial charge in [0.25, 0.3) is 0 Å². The summed E-state index contributed by atoms with van der Waals surface area (Å²) in [4.78, 5) is 36.2. The maximum absolute atomic E-state index is 13.0. The lowest BCUT2D eigenvalue weighted by atomic mass is 9.75. The fraction of sp³-hybridized carbons (Fsp3) is 0.409. The molecule has 2 N–H and O–H groups in total. The number of hydrogen-bond donors (Lipinski definition) is 2. The van der Waals surface area contributed by atoms with Crippen LogP contribution in [-0.4, -0.2) is 27.7 Å². The summed E-state index contributed by atoms with van der Waals surface area (Å²) in [5, 5.41) is 18.3. The van der Waals surface area contributed by atoms with Gasteiger partial charge in [-0.05, 0) is 51.3 Å². The first-order valence-electron chi connectivity index (χ1n) is 9.22. The van der Waals surface area contributed by atoms with Gasteiger partial charge in [0.1, 0.15) is 5.75 Å². The number of carboxylic acids is 1. The molecule has 5 heteroatoms. The second-order valence-corrected chi connectivity index (χ2v) is 7.08. The number of aromatic hydroxyl groups is 1. The molecule has 1 aliphatic carbocycles. The van der Waals surface area contributed by atoms with Crippen LogP contribution in [0.4, 0.5) is 0 Å². The maximum atomic E-state index is 13.0. The summed E-state index contributed by atoms with van der Waals surface area (Å²) < 4.78 is 0. The van der Waals surface area contributed by atoms with Crippen molar-refractivity contribution in [2.75, 3.05) is 0 Å². The standard InChI is InChI=1S/C22H26O5/c1-13-14(2)22(27)20(15(3)21(13)26)18(7-5-4-6-8-19(24)25)16-9-11-17(23)12-10-16/h9-12,18,23H,4-8H2,1-3H3,(H,24,25). The van der Waals surface area contributed by atoms with Crippen molar-refractivity contribution in [1.82, 2.24) is 0 Å². The van der Waals surface area contributed by atoms with Gasteiger partial charge in [-0.1, -0.05) is 25.0 Å². The number of phenolic OH excluding ortho intramolecular Hbond substituents is 1. The first kappa shape index (κ1) is 20.6. The predicted octanol–water partition coefficient (Wildman–Crippen LogP) is 4.32. The number of carboxylic acid groups (broad SMARTS) is 1. The molecular formula is C22H26O5. The number of hydrogen-bond acceptors (Lipinski definition) is 4. The lowest BCUT2D eigenvalue weighted by molar-refractivity contribution is -0.137. The van der Waals surface area contributed by atoms with Crippen LogP contribution in [0, 0.1) is 0 Å². The normalized spacial score (nSPS) is 16.1. The van der Waals surface area contributed by atoms with E-state index in [9.17, 15) is 19.5 Å². The summed E-state index contributed by atoms with van der Waals surface area (Å²) in [6.45, 7) is 5.06. The monoisotopic (exact) mass is 370 g/mol. The van der Waals surface area contributed by atoms with Crippen LogP contribution in [0.2, 0.25) is 0 Å². The van der Waals surface area contributed by atoms with Crippen LogP contribution in [0.5, 0.6) is 5.75 Å². The largest absolute Gasteiger partial charge is 0.508 e. The lowest BCUT2D eigenvalue weighted by Gasteiger charge is -2.26. The van der Waals surface area contributed by atoms with Gasteiger partial charge >= 0.3 is 5.97 Å². The third kappa shape index (κ3) is 4.73. The Morgan fingerprint density at radius 3 is 2.07 bits per heavy atom. The minimum absolute atomic E-state index is 0.100. The molecule has 0 amide bonds. The van der Waals surface area contributed by atoms with Crippen LogP contribution in [0.25, 0.3) is 0 Å². The molecule has 0 radical (unpaired) electrons. The molecule has 1 aromatic carbocycles. The van der Waals surface area contributed by atoms with Gasteiger partial charge in [-0.15, -0.1) is 0 Å². The van der Waals surface area contributed by atoms with Crippen LogP contribution in [0.3, 0.4) is 0 Å². The molecule has 1 atom stereocenters. The number of phenols is 1. The van der Waals surface area contributed by atoms with Crippen molar-refractivity contribution in [2.45, 2.75) is 58.8 Å². The van der Waals surface area contributed by atoms with Gasteiger partial charge < -0.3 is 10.2 Å². The Morgan fingerprint density at radius 2 is 1.48 bits per heavy atom. The van der Waals surface area contributed by atoms with Crippen LogP contribution in [0.1, 0.15) is 64.4 Å². The smallest absolute Gasteiger partial charge is 0.303 e. The van der Waals surface area contributed by atoms with Gasteiger partial charge in [-0.2, -0.15) is 0 Å². The predicted molar refractivity (Wildman–Crippen MR) is 103 cm³/mol. The second-order valence-electron chi connectivity index (χ2n) is 7.08. The van der Waals surface area contributed by atoms with Gasteiger partial charge in [0.15, 0.2) is 11.6 Å². The Bertz CT molecular complexity index is 812. The Kier molecular flexibility index (Phi) is 6.72. The van der Waals surface area contributed by atoms with E-state index in [1.165, 1.54) is 0 Å². The van der Waals surface area contributed by atoms with Crippen LogP contribution in [-0.2, 0) is 14.4 Å². The number of allylic oxidation sites excluding steroid dienone is 4. The van der Waals surface area contributed by atoms with Gasteiger partial charge in [0, 0.05) is 34.6 Å². The number of benzene rings is 1. The van der Waals surface area contributed by atoms with E-state index in [0.29, 0.717) is 35.1 Å². The minimum atomic E-state index is -0.812. The topological polar surface area (TPSA) is 91.7 Å². The highest BCUT2D eigenvalue weighted by Gasteiger charge is 2.33. The summed E-state index contributed by atoms with van der Waals surface area (Å²) in [5.41, 5.74) is 2.84. The average molecular weight is 370 g/mol. The van der Waals surface area contributed by atoms with Crippen LogP contribution in [0.15, 0.2) is 46.6 Å². The third-order valence-corrected chi connectivity index (χ3v) is 5.26. The molecule has 1 aliphatic rings. The number of ketones is 2. The molecule has 1 unspecified atom stereocenters. The number of carbonyl (C=O) groups excluding carboxylic acids is 2. The Hall–Kier alpha value is -2.69. The molecule has 1 aromatic rings. The van der Waals surface area contributed by atoms with Crippen LogP contribution < -0.4 is 0 Å². The number of aliphatic carboxylic acids is 1. The number of rotatable bonds is 8. The van der Waals surface area contributed by atoms with E-state index in [0.717, 1.165) is 18.4 Å². The fourth-order valence-corrected chi connectivity index (χ4v) is 3.52. The van der Waals surface area contributed by atoms with E-state index >= 15 is 0 Å². The summed E-state index contributed by atoms with van der Waals surface area (Å²) in [6, 6.07) is 6.70. The highest BCUT2D eigenvalue weighted by Crippen LogP contribution is 2.38. The van der Waals surface area contributed by atoms with Crippen LogP contribution >= 0.6 is 0 Å². The fourth-order valence-electron chi connectivity index (χ4n) is 3.52. The molecule has 2 rings (SSSR count). The van der Waals surface area contributed by atoms with E-state index < -0.39 is 5.97 Å². The van der Waals surface area contributed by atoms with Gasteiger partial charge in [-0.3, -0.25) is 14.4 Å².